The molecule has 0 unspecified atom stereocenters. The number of methoxy groups -OCH3 is 1. The van der Waals surface area contributed by atoms with Crippen molar-refractivity contribution in [3.63, 3.8) is 0 Å². The van der Waals surface area contributed by atoms with E-state index < -0.39 is 0 Å². The molecule has 2 fully saturated rings. The number of hydrogen-bond acceptors (Lipinski definition) is 4. The first-order chi connectivity index (χ1) is 14.1. The van der Waals surface area contributed by atoms with Gasteiger partial charge in [0, 0.05) is 56.4 Å². The number of rotatable bonds is 4. The first-order valence-corrected chi connectivity index (χ1v) is 10.6. The van der Waals surface area contributed by atoms with Crippen LogP contribution in [0.5, 0.6) is 0 Å². The Labute approximate surface area is 200 Å². The van der Waals surface area contributed by atoms with E-state index in [1.165, 1.54) is 12.7 Å². The third-order valence-corrected chi connectivity index (χ3v) is 6.31. The molecule has 0 radical (unpaired) electrons. The summed E-state index contributed by atoms with van der Waals surface area (Å²) < 4.78 is 10.4. The van der Waals surface area contributed by atoms with E-state index in [2.05, 4.69) is 21.7 Å². The average Bonchev–Trinajstić information content (AvgIpc) is 2.77. The molecule has 30 heavy (non-hydrogen) atoms. The predicted molar refractivity (Wildman–Crippen MR) is 130 cm³/mol. The van der Waals surface area contributed by atoms with E-state index in [0.29, 0.717) is 13.1 Å². The Kier molecular flexibility index (Phi) is 9.96. The number of nitrogens with one attached hydrogen (secondary N) is 2. The van der Waals surface area contributed by atoms with E-state index in [1.54, 1.807) is 11.9 Å². The number of benzene rings is 1. The molecule has 2 saturated heterocycles. The van der Waals surface area contributed by atoms with Crippen molar-refractivity contribution in [3.05, 3.63) is 34.9 Å². The lowest BCUT2D eigenvalue weighted by atomic mass is 9.74. The molecule has 1 aromatic rings. The lowest BCUT2D eigenvalue weighted by molar-refractivity contribution is 0.0513. The zero-order valence-electron chi connectivity index (χ0n) is 17.7. The van der Waals surface area contributed by atoms with Crippen LogP contribution < -0.4 is 10.6 Å². The van der Waals surface area contributed by atoms with Crippen LogP contribution in [0.15, 0.2) is 29.3 Å². The monoisotopic (exact) mass is 550 g/mol. The third-order valence-electron chi connectivity index (χ3n) is 5.98. The normalized spacial score (nSPS) is 19.6. The SMILES string of the molecule is CN=C(NCC1(c2ccccc2Cl)CCOCC1)NC1CCN(C(=O)OC)CC1.I. The molecule has 3 rings (SSSR count). The molecule has 0 atom stereocenters. The largest absolute Gasteiger partial charge is 0.453 e. The number of hydrogen-bond donors (Lipinski definition) is 2. The summed E-state index contributed by atoms with van der Waals surface area (Å²) in [7, 11) is 3.20. The van der Waals surface area contributed by atoms with Gasteiger partial charge in [0.1, 0.15) is 0 Å². The number of piperidine rings is 1. The maximum atomic E-state index is 11.7. The Bertz CT molecular complexity index is 720. The van der Waals surface area contributed by atoms with E-state index in [1.807, 2.05) is 18.2 Å². The van der Waals surface area contributed by atoms with E-state index in [0.717, 1.165) is 56.4 Å². The van der Waals surface area contributed by atoms with Crippen molar-refractivity contribution in [2.45, 2.75) is 37.1 Å². The molecule has 1 aromatic carbocycles. The van der Waals surface area contributed by atoms with Crippen molar-refractivity contribution in [2.75, 3.05) is 47.0 Å². The van der Waals surface area contributed by atoms with Gasteiger partial charge in [-0.05, 0) is 37.3 Å². The summed E-state index contributed by atoms with van der Waals surface area (Å²) in [6.07, 6.45) is 3.29. The smallest absolute Gasteiger partial charge is 0.409 e. The van der Waals surface area contributed by atoms with E-state index in [4.69, 9.17) is 21.1 Å². The Morgan fingerprint density at radius 2 is 1.97 bits per heavy atom. The maximum Gasteiger partial charge on any atom is 0.409 e. The fourth-order valence-electron chi connectivity index (χ4n) is 4.17. The second-order valence-electron chi connectivity index (χ2n) is 7.67. The molecule has 0 aromatic heterocycles. The predicted octanol–water partition coefficient (Wildman–Crippen LogP) is 3.40. The molecule has 1 amide bonds. The minimum absolute atomic E-state index is 0. The molecule has 0 aliphatic carbocycles. The van der Waals surface area contributed by atoms with Crippen LogP contribution >= 0.6 is 35.6 Å². The number of carbonyl (C=O) groups excluding carboxylic acids is 1. The summed E-state index contributed by atoms with van der Waals surface area (Å²) in [6, 6.07) is 8.35. The topological polar surface area (TPSA) is 75.2 Å². The van der Waals surface area contributed by atoms with Gasteiger partial charge in [0.2, 0.25) is 0 Å². The van der Waals surface area contributed by atoms with Crippen LogP contribution in [0.3, 0.4) is 0 Å². The first-order valence-electron chi connectivity index (χ1n) is 10.2. The molecule has 7 nitrogen and oxygen atoms in total. The highest BCUT2D eigenvalue weighted by atomic mass is 127. The average molecular weight is 551 g/mol. The summed E-state index contributed by atoms with van der Waals surface area (Å²) in [5, 5.41) is 7.82. The fraction of sp³-hybridized carbons (Fsp3) is 0.619. The van der Waals surface area contributed by atoms with Crippen molar-refractivity contribution in [1.29, 1.82) is 0 Å². The Morgan fingerprint density at radius 1 is 1.30 bits per heavy atom. The molecule has 0 saturated carbocycles. The van der Waals surface area contributed by atoms with Gasteiger partial charge in [0.15, 0.2) is 5.96 Å². The van der Waals surface area contributed by atoms with Crippen molar-refractivity contribution in [1.82, 2.24) is 15.5 Å². The van der Waals surface area contributed by atoms with Gasteiger partial charge in [-0.25, -0.2) is 4.79 Å². The molecule has 2 aliphatic heterocycles. The highest BCUT2D eigenvalue weighted by molar-refractivity contribution is 14.0. The summed E-state index contributed by atoms with van der Waals surface area (Å²) in [5.41, 5.74) is 1.09. The third kappa shape index (κ3) is 6.13. The summed E-state index contributed by atoms with van der Waals surface area (Å²) in [4.78, 5) is 17.8. The maximum absolute atomic E-state index is 11.7. The molecule has 2 aliphatic rings. The van der Waals surface area contributed by atoms with Gasteiger partial charge in [-0.1, -0.05) is 29.8 Å². The zero-order valence-corrected chi connectivity index (χ0v) is 20.7. The number of carbonyl (C=O) groups is 1. The van der Waals surface area contributed by atoms with Gasteiger partial charge >= 0.3 is 6.09 Å². The van der Waals surface area contributed by atoms with Crippen LogP contribution in [0.4, 0.5) is 4.79 Å². The molecule has 2 heterocycles. The van der Waals surface area contributed by atoms with Crippen molar-refractivity contribution >= 4 is 47.6 Å². The van der Waals surface area contributed by atoms with Gasteiger partial charge in [-0.3, -0.25) is 4.99 Å². The van der Waals surface area contributed by atoms with Crippen LogP contribution in [0.1, 0.15) is 31.2 Å². The number of aliphatic imine (C=N–C) groups is 1. The number of ether oxygens (including phenoxy) is 2. The number of halogens is 2. The summed E-state index contributed by atoms with van der Waals surface area (Å²) in [5.74, 6) is 0.777. The number of amides is 1. The molecule has 2 N–H and O–H groups in total. The second-order valence-corrected chi connectivity index (χ2v) is 8.08. The summed E-state index contributed by atoms with van der Waals surface area (Å²) >= 11 is 6.55. The molecular weight excluding hydrogens is 519 g/mol. The van der Waals surface area contributed by atoms with Crippen LogP contribution in [-0.2, 0) is 14.9 Å². The highest BCUT2D eigenvalue weighted by Gasteiger charge is 2.36. The molecular formula is C21H32ClIN4O3. The van der Waals surface area contributed by atoms with Gasteiger partial charge < -0.3 is 25.0 Å². The van der Waals surface area contributed by atoms with Gasteiger partial charge in [-0.2, -0.15) is 0 Å². The van der Waals surface area contributed by atoms with Crippen LogP contribution in [0.2, 0.25) is 5.02 Å². The summed E-state index contributed by atoms with van der Waals surface area (Å²) in [6.45, 7) is 3.56. The molecule has 9 heteroatoms. The standard InChI is InChI=1S/C21H31ClN4O3.HI/c1-23-19(25-16-7-11-26(12-8-16)20(27)28-2)24-15-21(9-13-29-14-10-21)17-5-3-4-6-18(17)22;/h3-6,16H,7-15H2,1-2H3,(H2,23,24,25);1H. The van der Waals surface area contributed by atoms with Crippen molar-refractivity contribution in [3.8, 4) is 0 Å². The minimum atomic E-state index is -0.257. The molecule has 0 spiro atoms. The molecule has 0 bridgehead atoms. The van der Waals surface area contributed by atoms with Crippen LogP contribution in [0.25, 0.3) is 0 Å². The number of likely N-dealkylation sites (tertiary alicyclic amines) is 1. The lowest BCUT2D eigenvalue weighted by Crippen LogP contribution is -2.52. The lowest BCUT2D eigenvalue weighted by Gasteiger charge is -2.39. The van der Waals surface area contributed by atoms with Gasteiger partial charge in [-0.15, -0.1) is 24.0 Å². The van der Waals surface area contributed by atoms with Crippen LogP contribution in [0, 0.1) is 0 Å². The second kappa shape index (κ2) is 12.0. The van der Waals surface area contributed by atoms with Crippen molar-refractivity contribution in [2.24, 2.45) is 4.99 Å². The van der Waals surface area contributed by atoms with E-state index >= 15 is 0 Å². The Hall–Kier alpha value is -1.26. The quantitative estimate of drug-likeness (QED) is 0.342. The Morgan fingerprint density at radius 3 is 2.57 bits per heavy atom. The van der Waals surface area contributed by atoms with E-state index in [9.17, 15) is 4.79 Å². The Balaban J connectivity index is 0.00000320. The minimum Gasteiger partial charge on any atom is -0.453 e. The molecule has 168 valence electrons. The fourth-order valence-corrected chi connectivity index (χ4v) is 4.51. The highest BCUT2D eigenvalue weighted by Crippen LogP contribution is 2.38. The van der Waals surface area contributed by atoms with Gasteiger partial charge in [0.25, 0.3) is 0 Å². The zero-order chi connectivity index (χ0) is 20.7. The first kappa shape index (κ1) is 25.0. The van der Waals surface area contributed by atoms with Crippen LogP contribution in [-0.4, -0.2) is 70.0 Å². The number of nitrogens with zero attached hydrogens (tertiary/aromatic N) is 2. The van der Waals surface area contributed by atoms with E-state index in [-0.39, 0.29) is 41.5 Å². The van der Waals surface area contributed by atoms with Crippen molar-refractivity contribution < 1.29 is 14.3 Å². The van der Waals surface area contributed by atoms with Gasteiger partial charge in [0.05, 0.1) is 7.11 Å². The number of guanidine groups is 1.